The minimum absolute atomic E-state index is 0.0444. The van der Waals surface area contributed by atoms with Gasteiger partial charge in [-0.2, -0.15) is 13.2 Å². The summed E-state index contributed by atoms with van der Waals surface area (Å²) in [5.41, 5.74) is -3.56. The van der Waals surface area contributed by atoms with Gasteiger partial charge in [0.2, 0.25) is 5.91 Å². The minimum Gasteiger partial charge on any atom is -0.301 e. The van der Waals surface area contributed by atoms with Crippen LogP contribution in [0.25, 0.3) is 10.2 Å². The Morgan fingerprint density at radius 2 is 1.86 bits per heavy atom. The van der Waals surface area contributed by atoms with E-state index in [1.54, 1.807) is 6.07 Å². The molecular weight excluding hydrogens is 417 g/mol. The number of rotatable bonds is 3. The molecule has 4 bridgehead atoms. The molecule has 1 aromatic carbocycles. The van der Waals surface area contributed by atoms with Crippen LogP contribution in [0.1, 0.15) is 52.4 Å². The van der Waals surface area contributed by atoms with Gasteiger partial charge in [-0.1, -0.05) is 25.2 Å². The van der Waals surface area contributed by atoms with E-state index >= 15 is 0 Å². The molecule has 4 aliphatic rings. The second-order valence-corrected chi connectivity index (χ2v) is 12.2. The first-order valence-corrected chi connectivity index (χ1v) is 11.6. The number of halogens is 3. The van der Waals surface area contributed by atoms with Crippen molar-refractivity contribution < 1.29 is 18.0 Å². The van der Waals surface area contributed by atoms with Gasteiger partial charge in [-0.05, 0) is 85.2 Å². The van der Waals surface area contributed by atoms with Crippen molar-refractivity contribution in [3.05, 3.63) is 18.2 Å². The second-order valence-electron chi connectivity index (χ2n) is 10.1. The van der Waals surface area contributed by atoms with E-state index in [-0.39, 0.29) is 38.8 Å². The minimum atomic E-state index is -4.32. The molecule has 1 amide bonds. The Kier molecular flexibility index (Phi) is 4.15. The smallest absolute Gasteiger partial charge is 0.301 e. The van der Waals surface area contributed by atoms with Crippen molar-refractivity contribution in [2.75, 3.05) is 5.32 Å². The largest absolute Gasteiger partial charge is 0.446 e. The van der Waals surface area contributed by atoms with Crippen LogP contribution in [0.3, 0.4) is 0 Å². The van der Waals surface area contributed by atoms with Gasteiger partial charge in [-0.3, -0.25) is 4.79 Å². The molecule has 1 N–H and O–H groups in total. The van der Waals surface area contributed by atoms with Crippen LogP contribution in [0.5, 0.6) is 0 Å². The number of anilines is 1. The Bertz CT molecular complexity index is 983. The number of nitrogens with zero attached hydrogens (tertiary/aromatic N) is 1. The van der Waals surface area contributed by atoms with Crippen molar-refractivity contribution in [2.24, 2.45) is 22.2 Å². The molecule has 4 aliphatic carbocycles. The number of carbonyl (C=O) groups excluding carboxylic acids is 1. The molecule has 0 spiro atoms. The second kappa shape index (κ2) is 6.13. The Labute approximate surface area is 175 Å². The van der Waals surface area contributed by atoms with Crippen LogP contribution < -0.4 is 5.32 Å². The quantitative estimate of drug-likeness (QED) is 0.531. The number of hydrogen-bond acceptors (Lipinski definition) is 4. The van der Waals surface area contributed by atoms with Gasteiger partial charge < -0.3 is 5.32 Å². The third-order valence-electron chi connectivity index (χ3n) is 6.92. The van der Waals surface area contributed by atoms with Gasteiger partial charge in [-0.15, -0.1) is 0 Å². The molecule has 2 unspecified atom stereocenters. The summed E-state index contributed by atoms with van der Waals surface area (Å²) in [5, 5.41) is 3.51. The van der Waals surface area contributed by atoms with Crippen molar-refractivity contribution in [1.29, 1.82) is 0 Å². The van der Waals surface area contributed by atoms with E-state index in [4.69, 9.17) is 0 Å². The molecule has 6 rings (SSSR count). The first-order valence-electron chi connectivity index (χ1n) is 9.93. The lowest BCUT2D eigenvalue weighted by molar-refractivity contribution is -0.165. The summed E-state index contributed by atoms with van der Waals surface area (Å²) in [6.45, 7) is 4.66. The number of alkyl halides is 3. The molecule has 8 heteroatoms. The number of thioether (sulfide) groups is 1. The Morgan fingerprint density at radius 1 is 1.17 bits per heavy atom. The van der Waals surface area contributed by atoms with Crippen molar-refractivity contribution in [3.8, 4) is 0 Å². The number of thiazole rings is 1. The predicted octanol–water partition coefficient (Wildman–Crippen LogP) is 6.84. The van der Waals surface area contributed by atoms with E-state index < -0.39 is 5.51 Å². The zero-order valence-corrected chi connectivity index (χ0v) is 18.0. The fraction of sp³-hybridized carbons (Fsp3) is 0.619. The van der Waals surface area contributed by atoms with E-state index in [2.05, 4.69) is 24.1 Å². The maximum Gasteiger partial charge on any atom is 0.446 e. The van der Waals surface area contributed by atoms with Gasteiger partial charge in [-0.25, -0.2) is 4.98 Å². The number of amides is 1. The molecule has 0 aliphatic heterocycles. The van der Waals surface area contributed by atoms with Gasteiger partial charge in [0, 0.05) is 4.90 Å². The molecule has 0 saturated heterocycles. The summed E-state index contributed by atoms with van der Waals surface area (Å²) in [7, 11) is 0. The molecule has 0 radical (unpaired) electrons. The van der Waals surface area contributed by atoms with Crippen molar-refractivity contribution in [3.63, 3.8) is 0 Å². The third kappa shape index (κ3) is 3.56. The molecule has 4 saturated carbocycles. The average molecular weight is 441 g/mol. The predicted molar refractivity (Wildman–Crippen MR) is 110 cm³/mol. The van der Waals surface area contributed by atoms with Crippen LogP contribution in [0.15, 0.2) is 23.1 Å². The summed E-state index contributed by atoms with van der Waals surface area (Å²) in [6, 6.07) is 4.50. The SMILES string of the molecule is CC12CC3CC(C)(C1)CC(C(=O)Nc1nc4ccc(SC(F)(F)F)cc4s1)(C3)C2. The lowest BCUT2D eigenvalue weighted by Crippen LogP contribution is -2.58. The van der Waals surface area contributed by atoms with E-state index in [0.717, 1.165) is 19.3 Å². The van der Waals surface area contributed by atoms with Crippen LogP contribution in [0.4, 0.5) is 18.3 Å². The highest BCUT2D eigenvalue weighted by Crippen LogP contribution is 2.69. The van der Waals surface area contributed by atoms with Crippen molar-refractivity contribution >= 4 is 44.4 Å². The van der Waals surface area contributed by atoms with Gasteiger partial charge in [0.15, 0.2) is 5.13 Å². The maximum absolute atomic E-state index is 13.4. The number of fused-ring (bicyclic) bond motifs is 1. The van der Waals surface area contributed by atoms with Gasteiger partial charge >= 0.3 is 5.51 Å². The fourth-order valence-corrected chi connectivity index (χ4v) is 8.64. The number of benzene rings is 1. The average Bonchev–Trinajstić information content (AvgIpc) is 2.91. The Balaban J connectivity index is 1.39. The van der Waals surface area contributed by atoms with Crippen molar-refractivity contribution in [1.82, 2.24) is 4.98 Å². The Hall–Kier alpha value is -1.28. The van der Waals surface area contributed by atoms with E-state index in [9.17, 15) is 18.0 Å². The molecule has 4 fully saturated rings. The van der Waals surface area contributed by atoms with Gasteiger partial charge in [0.05, 0.1) is 15.6 Å². The highest BCUT2D eigenvalue weighted by molar-refractivity contribution is 8.00. The van der Waals surface area contributed by atoms with Crippen LogP contribution in [0.2, 0.25) is 0 Å². The molecule has 3 nitrogen and oxygen atoms in total. The lowest BCUT2D eigenvalue weighted by Gasteiger charge is -2.64. The Morgan fingerprint density at radius 3 is 2.48 bits per heavy atom. The molecule has 29 heavy (non-hydrogen) atoms. The first kappa shape index (κ1) is 19.7. The number of hydrogen-bond donors (Lipinski definition) is 1. The van der Waals surface area contributed by atoms with Gasteiger partial charge in [0.25, 0.3) is 0 Å². The first-order chi connectivity index (χ1) is 13.5. The zero-order valence-electron chi connectivity index (χ0n) is 16.4. The number of carbonyl (C=O) groups is 1. The third-order valence-corrected chi connectivity index (χ3v) is 8.58. The van der Waals surface area contributed by atoms with Crippen LogP contribution in [-0.4, -0.2) is 16.4 Å². The zero-order chi connectivity index (χ0) is 20.7. The van der Waals surface area contributed by atoms with Crippen LogP contribution in [-0.2, 0) is 4.79 Å². The summed E-state index contributed by atoms with van der Waals surface area (Å²) in [4.78, 5) is 18.0. The summed E-state index contributed by atoms with van der Waals surface area (Å²) >= 11 is 1.11. The van der Waals surface area contributed by atoms with Crippen LogP contribution in [0, 0.1) is 22.2 Å². The monoisotopic (exact) mass is 440 g/mol. The number of nitrogens with one attached hydrogen (secondary N) is 1. The lowest BCUT2D eigenvalue weighted by atomic mass is 9.40. The topological polar surface area (TPSA) is 42.0 Å². The summed E-state index contributed by atoms with van der Waals surface area (Å²) in [5.74, 6) is 0.660. The normalized spacial score (nSPS) is 36.0. The van der Waals surface area contributed by atoms with E-state index in [1.807, 2.05) is 0 Å². The van der Waals surface area contributed by atoms with Crippen molar-refractivity contribution in [2.45, 2.75) is 62.8 Å². The van der Waals surface area contributed by atoms with Gasteiger partial charge in [0.1, 0.15) is 0 Å². The van der Waals surface area contributed by atoms with E-state index in [1.165, 1.54) is 42.7 Å². The highest BCUT2D eigenvalue weighted by atomic mass is 32.2. The van der Waals surface area contributed by atoms with E-state index in [0.29, 0.717) is 21.3 Å². The molecule has 1 heterocycles. The molecule has 156 valence electrons. The van der Waals surface area contributed by atoms with Crippen LogP contribution >= 0.6 is 23.1 Å². The summed E-state index contributed by atoms with van der Waals surface area (Å²) < 4.78 is 38.6. The standard InChI is InChI=1S/C21H23F3N2OS2/c1-18-6-12-7-19(2,9-18)11-20(8-12,10-18)16(27)26-17-25-14-4-3-13(5-15(14)28-17)29-21(22,23)24/h3-5,12H,6-11H2,1-2H3,(H,25,26,27). The maximum atomic E-state index is 13.4. The number of aromatic nitrogens is 1. The molecule has 1 aromatic heterocycles. The molecular formula is C21H23F3N2OS2. The summed E-state index contributed by atoms with van der Waals surface area (Å²) in [6.07, 6.45) is 6.44. The molecule has 2 aromatic rings. The highest BCUT2D eigenvalue weighted by Gasteiger charge is 2.62. The molecule has 2 atom stereocenters. The fourth-order valence-electron chi connectivity index (χ4n) is 7.09.